The van der Waals surface area contributed by atoms with E-state index < -0.39 is 0 Å². The molecule has 1 N–H and O–H groups in total. The molecule has 1 saturated carbocycles. The first kappa shape index (κ1) is 7.31. The molecule has 1 atom stereocenters. The third-order valence-electron chi connectivity index (χ3n) is 3.21. The van der Waals surface area contributed by atoms with Gasteiger partial charge in [-0.05, 0) is 25.3 Å². The second-order valence-electron chi connectivity index (χ2n) is 4.01. The van der Waals surface area contributed by atoms with Gasteiger partial charge in [-0.1, -0.05) is 12.1 Å². The number of fused-ring (bicyclic) bond motifs is 2. The first-order valence-corrected chi connectivity index (χ1v) is 5.17. The fraction of sp³-hybridized carbons (Fsp3) is 0.417. The first-order chi connectivity index (χ1) is 6.45. The van der Waals surface area contributed by atoms with Crippen molar-refractivity contribution in [3.8, 4) is 0 Å². The summed E-state index contributed by atoms with van der Waals surface area (Å²) in [5.74, 6) is 0. The molecule has 3 rings (SSSR count). The molecule has 66 valence electrons. The molecule has 1 aliphatic carbocycles. The largest absolute Gasteiger partial charge is 0.235 e. The van der Waals surface area contributed by atoms with Gasteiger partial charge in [-0.15, -0.1) is 0 Å². The van der Waals surface area contributed by atoms with Gasteiger partial charge in [0.05, 0.1) is 5.22 Å². The number of nitrogens with one attached hydrogen (secondary N) is 1. The Labute approximate surface area is 77.8 Å². The van der Waals surface area contributed by atoms with Crippen molar-refractivity contribution in [2.24, 2.45) is 0 Å². The number of para-hydroxylation sites is 1. The Hall–Kier alpha value is -1.11. The molecule has 1 aromatic rings. The second kappa shape index (κ2) is 2.69. The molecule has 0 amide bonds. The van der Waals surface area contributed by atoms with Crippen LogP contribution < -0.4 is 15.6 Å². The summed E-state index contributed by atoms with van der Waals surface area (Å²) in [4.78, 5) is 3.60. The quantitative estimate of drug-likeness (QED) is 0.542. The molecule has 1 heterocycles. The van der Waals surface area contributed by atoms with Crippen LogP contribution in [0.2, 0.25) is 0 Å². The zero-order valence-corrected chi connectivity index (χ0v) is 7.72. The molecular formula is C12H14N+. The maximum Gasteiger partial charge on any atom is 0.206 e. The lowest BCUT2D eigenvalue weighted by Crippen LogP contribution is -2.81. The maximum absolute atomic E-state index is 3.60. The highest BCUT2D eigenvalue weighted by molar-refractivity contribution is 5.50. The van der Waals surface area contributed by atoms with Crippen LogP contribution in [0.1, 0.15) is 25.7 Å². The fourth-order valence-electron chi connectivity index (χ4n) is 2.57. The molecule has 0 saturated heterocycles. The van der Waals surface area contributed by atoms with Crippen LogP contribution in [0.4, 0.5) is 0 Å². The second-order valence-corrected chi connectivity index (χ2v) is 4.01. The Morgan fingerprint density at radius 1 is 1.15 bits per heavy atom. The Kier molecular flexibility index (Phi) is 1.51. The van der Waals surface area contributed by atoms with E-state index in [9.17, 15) is 0 Å². The monoisotopic (exact) mass is 172 g/mol. The van der Waals surface area contributed by atoms with Gasteiger partial charge in [0.2, 0.25) is 5.36 Å². The van der Waals surface area contributed by atoms with Gasteiger partial charge >= 0.3 is 0 Å². The van der Waals surface area contributed by atoms with Gasteiger partial charge in [0.1, 0.15) is 0 Å². The average molecular weight is 172 g/mol. The molecule has 0 bridgehead atoms. The Morgan fingerprint density at radius 2 is 2.08 bits per heavy atom. The standard InChI is InChI=1S/C12H13N/c1-3-7-11-9(5-1)10-6-2-4-8-12(10)13-11/h1,3,5,7,12H,2,4,6,8H2/p+1. The zero-order valence-electron chi connectivity index (χ0n) is 7.72. The van der Waals surface area contributed by atoms with Gasteiger partial charge < -0.3 is 0 Å². The maximum atomic E-state index is 3.60. The van der Waals surface area contributed by atoms with E-state index in [0.717, 1.165) is 0 Å². The zero-order chi connectivity index (χ0) is 8.67. The minimum atomic E-state index is 0.658. The van der Waals surface area contributed by atoms with Crippen LogP contribution in [0.5, 0.6) is 0 Å². The topological polar surface area (TPSA) is 14.0 Å². The molecule has 1 unspecified atom stereocenters. The van der Waals surface area contributed by atoms with Crippen LogP contribution in [0, 0.1) is 0 Å². The lowest BCUT2D eigenvalue weighted by Gasteiger charge is -2.14. The van der Waals surface area contributed by atoms with Gasteiger partial charge in [-0.3, -0.25) is 0 Å². The normalized spacial score (nSPS) is 24.9. The molecule has 2 aliphatic rings. The first-order valence-electron chi connectivity index (χ1n) is 5.17. The lowest BCUT2D eigenvalue weighted by molar-refractivity contribution is -0.525. The Bertz CT molecular complexity index is 444. The highest BCUT2D eigenvalue weighted by atomic mass is 14.8. The van der Waals surface area contributed by atoms with E-state index in [-0.39, 0.29) is 0 Å². The minimum absolute atomic E-state index is 0.658. The molecule has 1 fully saturated rings. The summed E-state index contributed by atoms with van der Waals surface area (Å²) >= 11 is 0. The van der Waals surface area contributed by atoms with E-state index in [1.165, 1.54) is 36.3 Å². The fourth-order valence-corrected chi connectivity index (χ4v) is 2.57. The molecule has 1 heteroatoms. The van der Waals surface area contributed by atoms with Gasteiger partial charge in [0.25, 0.3) is 0 Å². The molecular weight excluding hydrogens is 158 g/mol. The highest BCUT2D eigenvalue weighted by Crippen LogP contribution is 2.21. The summed E-state index contributed by atoms with van der Waals surface area (Å²) in [5.41, 5.74) is 1.65. The van der Waals surface area contributed by atoms with Crippen LogP contribution >= 0.6 is 0 Å². The van der Waals surface area contributed by atoms with Crippen molar-refractivity contribution in [3.63, 3.8) is 0 Å². The van der Waals surface area contributed by atoms with Crippen molar-refractivity contribution < 1.29 is 4.99 Å². The van der Waals surface area contributed by atoms with Crippen molar-refractivity contribution in [1.82, 2.24) is 0 Å². The van der Waals surface area contributed by atoms with E-state index in [4.69, 9.17) is 0 Å². The Balaban J connectivity index is 2.29. The molecule has 1 aliphatic heterocycles. The van der Waals surface area contributed by atoms with E-state index in [0.29, 0.717) is 6.04 Å². The van der Waals surface area contributed by atoms with Crippen molar-refractivity contribution in [2.45, 2.75) is 31.7 Å². The number of rotatable bonds is 0. The summed E-state index contributed by atoms with van der Waals surface area (Å²) < 4.78 is 0. The van der Waals surface area contributed by atoms with Crippen molar-refractivity contribution in [1.29, 1.82) is 0 Å². The summed E-state index contributed by atoms with van der Waals surface area (Å²) in [7, 11) is 0. The summed E-state index contributed by atoms with van der Waals surface area (Å²) in [6.45, 7) is 0. The van der Waals surface area contributed by atoms with E-state index in [2.05, 4.69) is 29.3 Å². The van der Waals surface area contributed by atoms with E-state index in [1.54, 1.807) is 5.57 Å². The third-order valence-corrected chi connectivity index (χ3v) is 3.21. The lowest BCUT2D eigenvalue weighted by atomic mass is 9.90. The molecule has 1 nitrogen and oxygen atoms in total. The number of benzene rings is 1. The highest BCUT2D eigenvalue weighted by Gasteiger charge is 2.27. The predicted molar refractivity (Wildman–Crippen MR) is 51.4 cm³/mol. The third kappa shape index (κ3) is 1.03. The van der Waals surface area contributed by atoms with E-state index >= 15 is 0 Å². The molecule has 13 heavy (non-hydrogen) atoms. The molecule has 1 aromatic carbocycles. The van der Waals surface area contributed by atoms with Crippen molar-refractivity contribution in [3.05, 3.63) is 34.8 Å². The van der Waals surface area contributed by atoms with Crippen molar-refractivity contribution >= 4 is 5.57 Å². The molecule has 0 aromatic heterocycles. The smallest absolute Gasteiger partial charge is 0.206 e. The molecule has 0 radical (unpaired) electrons. The van der Waals surface area contributed by atoms with Crippen molar-refractivity contribution in [2.75, 3.05) is 0 Å². The summed E-state index contributed by atoms with van der Waals surface area (Å²) in [5, 5.41) is 2.83. The van der Waals surface area contributed by atoms with Crippen LogP contribution in [0.3, 0.4) is 0 Å². The summed E-state index contributed by atoms with van der Waals surface area (Å²) in [6, 6.07) is 9.36. The molecule has 0 spiro atoms. The minimum Gasteiger partial charge on any atom is -0.235 e. The summed E-state index contributed by atoms with van der Waals surface area (Å²) in [6.07, 6.45) is 5.38. The van der Waals surface area contributed by atoms with Crippen LogP contribution in [-0.4, -0.2) is 6.04 Å². The SMILES string of the molecule is c1ccc2c(c1)=[NH+]C1CCCCC=21. The van der Waals surface area contributed by atoms with Gasteiger partial charge in [-0.25, -0.2) is 4.99 Å². The van der Waals surface area contributed by atoms with Gasteiger partial charge in [0, 0.05) is 18.1 Å². The number of hydrogen-bond donors (Lipinski definition) is 1. The number of hydrogen-bond acceptors (Lipinski definition) is 0. The van der Waals surface area contributed by atoms with Gasteiger partial charge in [-0.2, -0.15) is 0 Å². The van der Waals surface area contributed by atoms with Crippen LogP contribution in [0.15, 0.2) is 24.3 Å². The van der Waals surface area contributed by atoms with Crippen LogP contribution in [0.25, 0.3) is 5.57 Å². The predicted octanol–water partition coefficient (Wildman–Crippen LogP) is -0.506. The Morgan fingerprint density at radius 3 is 3.08 bits per heavy atom. The van der Waals surface area contributed by atoms with E-state index in [1.807, 2.05) is 0 Å². The average Bonchev–Trinajstić information content (AvgIpc) is 2.56. The van der Waals surface area contributed by atoms with Gasteiger partial charge in [0.15, 0.2) is 6.04 Å². The van der Waals surface area contributed by atoms with Crippen LogP contribution in [-0.2, 0) is 0 Å².